The minimum absolute atomic E-state index is 0.0769. The molecule has 1 saturated heterocycles. The maximum atomic E-state index is 13.3. The first-order valence-electron chi connectivity index (χ1n) is 9.73. The van der Waals surface area contributed by atoms with Gasteiger partial charge in [0.15, 0.2) is 0 Å². The van der Waals surface area contributed by atoms with Crippen molar-refractivity contribution in [2.24, 2.45) is 0 Å². The molecule has 1 aliphatic heterocycles. The molecule has 30 heavy (non-hydrogen) atoms. The zero-order valence-electron chi connectivity index (χ0n) is 17.2. The van der Waals surface area contributed by atoms with Crippen molar-refractivity contribution in [2.45, 2.75) is 26.1 Å². The molecular formula is C23H25ClN2O4. The summed E-state index contributed by atoms with van der Waals surface area (Å²) in [6.45, 7) is 4.77. The van der Waals surface area contributed by atoms with Crippen LogP contribution in [0.4, 0.5) is 0 Å². The van der Waals surface area contributed by atoms with Crippen LogP contribution in [0, 0.1) is 0 Å². The number of hydrogen-bond acceptors (Lipinski definition) is 4. The molecule has 1 fully saturated rings. The summed E-state index contributed by atoms with van der Waals surface area (Å²) in [4.78, 5) is 27.7. The van der Waals surface area contributed by atoms with E-state index in [-0.39, 0.29) is 29.7 Å². The molecule has 7 heteroatoms. The van der Waals surface area contributed by atoms with Crippen LogP contribution in [-0.2, 0) is 9.53 Å². The van der Waals surface area contributed by atoms with Gasteiger partial charge in [-0.25, -0.2) is 0 Å². The van der Waals surface area contributed by atoms with Crippen molar-refractivity contribution < 1.29 is 19.1 Å². The van der Waals surface area contributed by atoms with Crippen molar-refractivity contribution in [3.8, 4) is 5.75 Å². The van der Waals surface area contributed by atoms with E-state index in [2.05, 4.69) is 5.32 Å². The van der Waals surface area contributed by atoms with E-state index in [0.29, 0.717) is 29.4 Å². The van der Waals surface area contributed by atoms with Crippen LogP contribution < -0.4 is 10.1 Å². The van der Waals surface area contributed by atoms with Gasteiger partial charge in [0.1, 0.15) is 11.4 Å². The lowest BCUT2D eigenvalue weighted by Crippen LogP contribution is -2.50. The number of morpholine rings is 1. The van der Waals surface area contributed by atoms with E-state index in [1.165, 1.54) is 0 Å². The molecule has 158 valence electrons. The molecule has 2 unspecified atom stereocenters. The van der Waals surface area contributed by atoms with Crippen LogP contribution in [0.15, 0.2) is 54.2 Å². The number of methoxy groups -OCH3 is 1. The number of amides is 2. The molecule has 0 bridgehead atoms. The Balaban J connectivity index is 1.88. The number of halogens is 1. The van der Waals surface area contributed by atoms with E-state index in [1.54, 1.807) is 54.5 Å². The molecule has 2 aromatic rings. The average molecular weight is 429 g/mol. The summed E-state index contributed by atoms with van der Waals surface area (Å²) in [6, 6.07) is 13.8. The number of carbonyl (C=O) groups excluding carboxylic acids is 2. The molecule has 0 aliphatic carbocycles. The second kappa shape index (κ2) is 9.78. The fourth-order valence-corrected chi connectivity index (χ4v) is 3.45. The number of hydrogen-bond donors (Lipinski definition) is 1. The molecule has 1 aliphatic rings. The second-order valence-corrected chi connectivity index (χ2v) is 7.70. The first-order chi connectivity index (χ1) is 14.4. The van der Waals surface area contributed by atoms with Gasteiger partial charge in [-0.3, -0.25) is 9.59 Å². The van der Waals surface area contributed by atoms with Gasteiger partial charge in [-0.15, -0.1) is 0 Å². The largest absolute Gasteiger partial charge is 0.497 e. The van der Waals surface area contributed by atoms with Gasteiger partial charge in [0.05, 0.1) is 19.3 Å². The molecule has 0 spiro atoms. The molecule has 1 heterocycles. The van der Waals surface area contributed by atoms with Crippen LogP contribution in [0.5, 0.6) is 5.75 Å². The Morgan fingerprint density at radius 2 is 1.67 bits per heavy atom. The Morgan fingerprint density at radius 1 is 1.07 bits per heavy atom. The van der Waals surface area contributed by atoms with Gasteiger partial charge < -0.3 is 19.7 Å². The summed E-state index contributed by atoms with van der Waals surface area (Å²) >= 11 is 5.91. The molecule has 0 radical (unpaired) electrons. The second-order valence-electron chi connectivity index (χ2n) is 7.26. The van der Waals surface area contributed by atoms with Crippen molar-refractivity contribution in [1.29, 1.82) is 0 Å². The highest BCUT2D eigenvalue weighted by atomic mass is 35.5. The Labute approximate surface area is 181 Å². The fourth-order valence-electron chi connectivity index (χ4n) is 3.33. The van der Waals surface area contributed by atoms with Crippen LogP contribution in [0.3, 0.4) is 0 Å². The average Bonchev–Trinajstić information content (AvgIpc) is 2.73. The van der Waals surface area contributed by atoms with Crippen LogP contribution in [0.1, 0.15) is 29.8 Å². The Kier molecular flexibility index (Phi) is 7.13. The van der Waals surface area contributed by atoms with E-state index in [0.717, 1.165) is 5.56 Å². The number of rotatable bonds is 5. The highest BCUT2D eigenvalue weighted by Gasteiger charge is 2.28. The van der Waals surface area contributed by atoms with E-state index >= 15 is 0 Å². The van der Waals surface area contributed by atoms with Crippen molar-refractivity contribution >= 4 is 29.5 Å². The third-order valence-electron chi connectivity index (χ3n) is 4.72. The summed E-state index contributed by atoms with van der Waals surface area (Å²) in [5.74, 6) is 0.0744. The predicted octanol–water partition coefficient (Wildman–Crippen LogP) is 3.76. The first kappa shape index (κ1) is 21.9. The predicted molar refractivity (Wildman–Crippen MR) is 116 cm³/mol. The molecule has 3 rings (SSSR count). The summed E-state index contributed by atoms with van der Waals surface area (Å²) in [5, 5.41) is 3.31. The number of nitrogens with one attached hydrogen (secondary N) is 1. The maximum absolute atomic E-state index is 13.3. The monoisotopic (exact) mass is 428 g/mol. The molecule has 2 amide bonds. The Hall–Kier alpha value is -2.83. The third kappa shape index (κ3) is 5.62. The lowest BCUT2D eigenvalue weighted by atomic mass is 10.1. The molecule has 2 aromatic carbocycles. The minimum atomic E-state index is -0.380. The Morgan fingerprint density at radius 3 is 2.23 bits per heavy atom. The number of carbonyl (C=O) groups is 2. The molecule has 0 saturated carbocycles. The van der Waals surface area contributed by atoms with Gasteiger partial charge in [-0.2, -0.15) is 0 Å². The zero-order valence-corrected chi connectivity index (χ0v) is 18.0. The highest BCUT2D eigenvalue weighted by molar-refractivity contribution is 6.30. The van der Waals surface area contributed by atoms with Crippen LogP contribution >= 0.6 is 11.6 Å². The smallest absolute Gasteiger partial charge is 0.270 e. The topological polar surface area (TPSA) is 67.9 Å². The van der Waals surface area contributed by atoms with Gasteiger partial charge in [-0.05, 0) is 61.9 Å². The summed E-state index contributed by atoms with van der Waals surface area (Å²) in [5.41, 5.74) is 1.38. The highest BCUT2D eigenvalue weighted by Crippen LogP contribution is 2.18. The van der Waals surface area contributed by atoms with Crippen LogP contribution in [-0.4, -0.2) is 49.1 Å². The summed E-state index contributed by atoms with van der Waals surface area (Å²) in [6.07, 6.45) is 1.51. The zero-order chi connectivity index (χ0) is 21.7. The van der Waals surface area contributed by atoms with Gasteiger partial charge in [0.2, 0.25) is 0 Å². The first-order valence-corrected chi connectivity index (χ1v) is 10.1. The van der Waals surface area contributed by atoms with E-state index < -0.39 is 0 Å². The number of nitrogens with zero attached hydrogens (tertiary/aromatic N) is 1. The van der Waals surface area contributed by atoms with E-state index in [1.807, 2.05) is 26.0 Å². The molecule has 6 nitrogen and oxygen atoms in total. The standard InChI is InChI=1S/C23H25ClN2O4/c1-15-13-26(14-16(2)30-15)23(28)21(12-17-4-10-20(29-3)11-5-17)25-22(27)18-6-8-19(24)9-7-18/h4-12,15-16H,13-14H2,1-3H3,(H,25,27)/b21-12+. The third-order valence-corrected chi connectivity index (χ3v) is 4.97. The fraction of sp³-hybridized carbons (Fsp3) is 0.304. The summed E-state index contributed by atoms with van der Waals surface area (Å²) in [7, 11) is 1.59. The molecule has 0 aromatic heterocycles. The lowest BCUT2D eigenvalue weighted by Gasteiger charge is -2.35. The number of ether oxygens (including phenoxy) is 2. The molecular weight excluding hydrogens is 404 g/mol. The van der Waals surface area contributed by atoms with E-state index in [4.69, 9.17) is 21.1 Å². The van der Waals surface area contributed by atoms with Gasteiger partial charge >= 0.3 is 0 Å². The van der Waals surface area contributed by atoms with E-state index in [9.17, 15) is 9.59 Å². The van der Waals surface area contributed by atoms with Crippen molar-refractivity contribution in [3.63, 3.8) is 0 Å². The van der Waals surface area contributed by atoms with Gasteiger partial charge in [0, 0.05) is 23.7 Å². The van der Waals surface area contributed by atoms with Gasteiger partial charge in [0.25, 0.3) is 11.8 Å². The molecule has 1 N–H and O–H groups in total. The lowest BCUT2D eigenvalue weighted by molar-refractivity contribution is -0.139. The minimum Gasteiger partial charge on any atom is -0.497 e. The van der Waals surface area contributed by atoms with Crippen LogP contribution in [0.2, 0.25) is 5.02 Å². The van der Waals surface area contributed by atoms with Crippen molar-refractivity contribution in [1.82, 2.24) is 10.2 Å². The Bertz CT molecular complexity index is 915. The SMILES string of the molecule is COc1ccc(/C=C(/NC(=O)c2ccc(Cl)cc2)C(=O)N2CC(C)OC(C)C2)cc1. The van der Waals surface area contributed by atoms with Crippen LogP contribution in [0.25, 0.3) is 6.08 Å². The van der Waals surface area contributed by atoms with Gasteiger partial charge in [-0.1, -0.05) is 23.7 Å². The summed E-state index contributed by atoms with van der Waals surface area (Å²) < 4.78 is 10.9. The van der Waals surface area contributed by atoms with Crippen molar-refractivity contribution in [2.75, 3.05) is 20.2 Å². The van der Waals surface area contributed by atoms with Crippen molar-refractivity contribution in [3.05, 3.63) is 70.4 Å². The quantitative estimate of drug-likeness (QED) is 0.736. The molecule has 2 atom stereocenters. The maximum Gasteiger partial charge on any atom is 0.270 e. The number of benzene rings is 2. The normalized spacial score (nSPS) is 19.3.